The molecule has 10 heteroatoms. The molecule has 2 fully saturated rings. The van der Waals surface area contributed by atoms with Gasteiger partial charge in [-0.3, -0.25) is 0 Å². The van der Waals surface area contributed by atoms with Crippen LogP contribution in [0.25, 0.3) is 17.0 Å². The number of nitrogens with zero attached hydrogens (tertiary/aromatic N) is 4. The van der Waals surface area contributed by atoms with Crippen LogP contribution in [0.15, 0.2) is 18.2 Å². The molecule has 3 aromatic heterocycles. The quantitative estimate of drug-likeness (QED) is 0.522. The van der Waals surface area contributed by atoms with Gasteiger partial charge in [-0.1, -0.05) is 0 Å². The Morgan fingerprint density at radius 2 is 2.03 bits per heavy atom. The van der Waals surface area contributed by atoms with Gasteiger partial charge in [-0.25, -0.2) is 23.3 Å². The number of imidazole rings is 1. The minimum Gasteiger partial charge on any atom is -0.495 e. The molecule has 5 rings (SSSR count). The Morgan fingerprint density at radius 1 is 1.24 bits per heavy atom. The van der Waals surface area contributed by atoms with Crippen molar-refractivity contribution < 1.29 is 18.6 Å². The normalized spacial score (nSPS) is 21.4. The van der Waals surface area contributed by atoms with Crippen LogP contribution in [-0.4, -0.2) is 57.1 Å². The summed E-state index contributed by atoms with van der Waals surface area (Å²) in [4.78, 5) is 9.09. The van der Waals surface area contributed by atoms with Gasteiger partial charge < -0.3 is 20.5 Å². The Hall–Kier alpha value is -2.85. The number of fused-ring (bicyclic) bond motifs is 1. The van der Waals surface area contributed by atoms with E-state index in [2.05, 4.69) is 20.6 Å². The highest BCUT2D eigenvalue weighted by atomic mass is 19.1. The Balaban J connectivity index is 1.64. The second kappa shape index (κ2) is 8.18. The molecule has 1 saturated carbocycles. The number of nitrogens with one attached hydrogen (secondary N) is 2. The molecule has 0 amide bonds. The number of aromatic nitrogens is 4. The van der Waals surface area contributed by atoms with E-state index in [1.165, 1.54) is 12.1 Å². The molecule has 33 heavy (non-hydrogen) atoms. The lowest BCUT2D eigenvalue weighted by atomic mass is 10.0. The number of piperidine rings is 1. The molecule has 1 aliphatic carbocycles. The monoisotopic (exact) mass is 458 g/mol. The maximum atomic E-state index is 14.6. The van der Waals surface area contributed by atoms with Crippen LogP contribution in [0.1, 0.15) is 50.4 Å². The Bertz CT molecular complexity index is 1190. The van der Waals surface area contributed by atoms with Crippen molar-refractivity contribution >= 4 is 11.5 Å². The van der Waals surface area contributed by atoms with Crippen molar-refractivity contribution in [3.8, 4) is 17.1 Å². The van der Waals surface area contributed by atoms with Gasteiger partial charge in [0, 0.05) is 18.5 Å². The molecule has 4 heterocycles. The molecule has 0 spiro atoms. The van der Waals surface area contributed by atoms with Gasteiger partial charge in [0.25, 0.3) is 0 Å². The summed E-state index contributed by atoms with van der Waals surface area (Å²) in [7, 11) is 1.60. The Labute approximate surface area is 190 Å². The molecule has 2 atom stereocenters. The second-order valence-electron chi connectivity index (χ2n) is 9.30. The lowest BCUT2D eigenvalue weighted by Gasteiger charge is -2.28. The van der Waals surface area contributed by atoms with Crippen LogP contribution in [0.4, 0.5) is 14.6 Å². The number of ether oxygens (including phenoxy) is 1. The third kappa shape index (κ3) is 4.13. The first kappa shape index (κ1) is 22.0. The number of aliphatic hydroxyl groups is 1. The summed E-state index contributed by atoms with van der Waals surface area (Å²) in [6, 6.07) is 4.01. The van der Waals surface area contributed by atoms with Gasteiger partial charge in [0.2, 0.25) is 0 Å². The highest BCUT2D eigenvalue weighted by molar-refractivity contribution is 5.67. The van der Waals surface area contributed by atoms with E-state index in [9.17, 15) is 13.9 Å². The highest BCUT2D eigenvalue weighted by Gasteiger charge is 2.33. The molecule has 8 nitrogen and oxygen atoms in total. The Morgan fingerprint density at radius 3 is 2.70 bits per heavy atom. The molecule has 0 radical (unpaired) electrons. The molecule has 1 saturated heterocycles. The van der Waals surface area contributed by atoms with Crippen LogP contribution in [0.2, 0.25) is 0 Å². The molecule has 3 aromatic rings. The molecule has 0 aromatic carbocycles. The topological polar surface area (TPSA) is 96.6 Å². The average molecular weight is 459 g/mol. The number of hydrogen-bond acceptors (Lipinski definition) is 7. The minimum atomic E-state index is -1.31. The smallest absolute Gasteiger partial charge is 0.165 e. The van der Waals surface area contributed by atoms with Gasteiger partial charge in [0.15, 0.2) is 17.3 Å². The maximum absolute atomic E-state index is 14.6. The lowest BCUT2D eigenvalue weighted by molar-refractivity contribution is 0.0750. The fourth-order valence-corrected chi connectivity index (χ4v) is 4.25. The van der Waals surface area contributed by atoms with Crippen molar-refractivity contribution in [1.82, 2.24) is 24.9 Å². The van der Waals surface area contributed by atoms with Gasteiger partial charge in [0.1, 0.15) is 34.6 Å². The number of alkyl halides is 1. The van der Waals surface area contributed by atoms with Crippen molar-refractivity contribution in [3.05, 3.63) is 35.4 Å². The second-order valence-corrected chi connectivity index (χ2v) is 9.30. The maximum Gasteiger partial charge on any atom is 0.165 e. The van der Waals surface area contributed by atoms with E-state index in [0.29, 0.717) is 53.9 Å². The van der Waals surface area contributed by atoms with Gasteiger partial charge >= 0.3 is 0 Å². The van der Waals surface area contributed by atoms with Crippen molar-refractivity contribution in [3.63, 3.8) is 0 Å². The van der Waals surface area contributed by atoms with Gasteiger partial charge in [-0.15, -0.1) is 0 Å². The molecule has 0 bridgehead atoms. The van der Waals surface area contributed by atoms with Crippen molar-refractivity contribution in [2.45, 2.75) is 56.8 Å². The fraction of sp³-hybridized carbons (Fsp3) is 0.522. The average Bonchev–Trinajstić information content (AvgIpc) is 3.55. The first-order valence-electron chi connectivity index (χ1n) is 11.2. The zero-order valence-corrected chi connectivity index (χ0v) is 18.9. The summed E-state index contributed by atoms with van der Waals surface area (Å²) in [5, 5.41) is 21.7. The number of rotatable bonds is 6. The van der Waals surface area contributed by atoms with Crippen LogP contribution in [0, 0.1) is 5.82 Å². The molecule has 3 N–H and O–H groups in total. The summed E-state index contributed by atoms with van der Waals surface area (Å²) in [5.74, 6) is 0.334. The molecular weight excluding hydrogens is 430 g/mol. The lowest BCUT2D eigenvalue weighted by Crippen LogP contribution is -2.46. The SMILES string of the molecule is COc1cc2nc(C(C)(C)O)c(-c3ccc(F)c(NC4CNCC[C@H]4F)n3)n2nc1C1CC1. The van der Waals surface area contributed by atoms with Crippen LogP contribution < -0.4 is 15.4 Å². The first-order chi connectivity index (χ1) is 15.8. The minimum absolute atomic E-state index is 0.0450. The summed E-state index contributed by atoms with van der Waals surface area (Å²) in [6.07, 6.45) is 1.30. The van der Waals surface area contributed by atoms with Crippen LogP contribution >= 0.6 is 0 Å². The van der Waals surface area contributed by atoms with Gasteiger partial charge in [-0.05, 0) is 51.8 Å². The predicted octanol–water partition coefficient (Wildman–Crippen LogP) is 3.16. The third-order valence-corrected chi connectivity index (χ3v) is 6.17. The zero-order valence-electron chi connectivity index (χ0n) is 18.9. The molecular formula is C23H28F2N6O2. The molecule has 176 valence electrons. The summed E-state index contributed by atoms with van der Waals surface area (Å²) >= 11 is 0. The highest BCUT2D eigenvalue weighted by Crippen LogP contribution is 2.44. The number of hydrogen-bond donors (Lipinski definition) is 3. The predicted molar refractivity (Wildman–Crippen MR) is 120 cm³/mol. The van der Waals surface area contributed by atoms with E-state index in [4.69, 9.17) is 9.84 Å². The van der Waals surface area contributed by atoms with E-state index in [0.717, 1.165) is 18.5 Å². The standard InChI is InChI=1S/C23H28F2N6O2/c1-23(2,32)21-20(31-18(29-21)10-17(33-3)19(30-31)12-4-5-12)15-7-6-14(25)22(27-15)28-16-11-26-9-8-13(16)24/h6-7,10,12-13,16,26,32H,4-5,8-9,11H2,1-3H3,(H,27,28)/t13-,16?/m1/s1. The van der Waals surface area contributed by atoms with E-state index < -0.39 is 23.6 Å². The number of anilines is 1. The molecule has 2 aliphatic rings. The molecule has 1 aliphatic heterocycles. The van der Waals surface area contributed by atoms with Crippen molar-refractivity contribution in [2.24, 2.45) is 0 Å². The number of methoxy groups -OCH3 is 1. The summed E-state index contributed by atoms with van der Waals surface area (Å²) < 4.78 is 36.2. The molecule has 1 unspecified atom stereocenters. The van der Waals surface area contributed by atoms with E-state index in [1.807, 2.05) is 0 Å². The largest absolute Gasteiger partial charge is 0.495 e. The first-order valence-corrected chi connectivity index (χ1v) is 11.2. The number of halogens is 2. The van der Waals surface area contributed by atoms with Crippen LogP contribution in [0.3, 0.4) is 0 Å². The van der Waals surface area contributed by atoms with Crippen molar-refractivity contribution in [2.75, 3.05) is 25.5 Å². The fourth-order valence-electron chi connectivity index (χ4n) is 4.25. The van der Waals surface area contributed by atoms with Crippen molar-refractivity contribution in [1.29, 1.82) is 0 Å². The summed E-state index contributed by atoms with van der Waals surface area (Å²) in [5.41, 5.74) is 1.20. The third-order valence-electron chi connectivity index (χ3n) is 6.17. The van der Waals surface area contributed by atoms with E-state index in [-0.39, 0.29) is 5.82 Å². The van der Waals surface area contributed by atoms with E-state index in [1.54, 1.807) is 31.5 Å². The van der Waals surface area contributed by atoms with E-state index >= 15 is 0 Å². The zero-order chi connectivity index (χ0) is 23.3. The van der Waals surface area contributed by atoms with Gasteiger partial charge in [0.05, 0.1) is 18.8 Å². The van der Waals surface area contributed by atoms with Crippen LogP contribution in [-0.2, 0) is 5.60 Å². The summed E-state index contributed by atoms with van der Waals surface area (Å²) in [6.45, 7) is 4.22. The van der Waals surface area contributed by atoms with Gasteiger partial charge in [-0.2, -0.15) is 5.10 Å². The number of pyridine rings is 1. The van der Waals surface area contributed by atoms with Crippen LogP contribution in [0.5, 0.6) is 5.75 Å². The Kier molecular flexibility index (Phi) is 5.44.